The predicted octanol–water partition coefficient (Wildman–Crippen LogP) is 5.07. The number of benzene rings is 2. The van der Waals surface area contributed by atoms with Crippen LogP contribution in [-0.4, -0.2) is 10.5 Å². The van der Waals surface area contributed by atoms with Crippen molar-refractivity contribution in [2.45, 2.75) is 19.4 Å². The van der Waals surface area contributed by atoms with Crippen molar-refractivity contribution in [1.29, 1.82) is 0 Å². The normalized spacial score (nSPS) is 11.9. The number of aromatic nitrogens is 1. The van der Waals surface area contributed by atoms with Gasteiger partial charge in [0.05, 0.1) is 12.5 Å². The lowest BCUT2D eigenvalue weighted by Crippen LogP contribution is -2.20. The van der Waals surface area contributed by atoms with E-state index in [0.717, 1.165) is 16.8 Å². The van der Waals surface area contributed by atoms with Crippen LogP contribution in [0, 0.1) is 6.92 Å². The Kier molecular flexibility index (Phi) is 5.02. The number of nitrogens with zero attached hydrogens (tertiary/aromatic N) is 1. The maximum atomic E-state index is 12.6. The highest BCUT2D eigenvalue weighted by Gasteiger charge is 2.17. The van der Waals surface area contributed by atoms with Crippen molar-refractivity contribution in [3.05, 3.63) is 89.2 Å². The van der Waals surface area contributed by atoms with Crippen LogP contribution in [0.3, 0.4) is 0 Å². The van der Waals surface area contributed by atoms with Crippen LogP contribution in [0.2, 0.25) is 5.02 Å². The first-order chi connectivity index (χ1) is 11.6. The first-order valence-electron chi connectivity index (χ1n) is 7.87. The van der Waals surface area contributed by atoms with Crippen LogP contribution in [-0.2, 0) is 4.79 Å². The maximum Gasteiger partial charge on any atom is 0.226 e. The van der Waals surface area contributed by atoms with Gasteiger partial charge < -0.3 is 9.88 Å². The van der Waals surface area contributed by atoms with E-state index in [9.17, 15) is 4.79 Å². The van der Waals surface area contributed by atoms with Crippen molar-refractivity contribution >= 4 is 23.2 Å². The standard InChI is InChI=1S/C20H19ClN2O/c1-15-17(21)10-7-11-18(15)22-20(24)14-19(23-12-5-6-13-23)16-8-3-2-4-9-16/h2-13,19H,14H2,1H3,(H,22,24)/t19-/m1/s1. The largest absolute Gasteiger partial charge is 0.346 e. The third-order valence-corrected chi connectivity index (χ3v) is 4.50. The van der Waals surface area contributed by atoms with Crippen LogP contribution in [0.5, 0.6) is 0 Å². The van der Waals surface area contributed by atoms with Crippen LogP contribution in [0.1, 0.15) is 23.6 Å². The first-order valence-corrected chi connectivity index (χ1v) is 8.25. The van der Waals surface area contributed by atoms with E-state index < -0.39 is 0 Å². The highest BCUT2D eigenvalue weighted by Crippen LogP contribution is 2.26. The maximum absolute atomic E-state index is 12.6. The van der Waals surface area contributed by atoms with Crippen LogP contribution < -0.4 is 5.32 Å². The Bertz CT molecular complexity index is 813. The van der Waals surface area contributed by atoms with Crippen molar-refractivity contribution in [1.82, 2.24) is 4.57 Å². The molecule has 0 bridgehead atoms. The quantitative estimate of drug-likeness (QED) is 0.692. The predicted molar refractivity (Wildman–Crippen MR) is 98.4 cm³/mol. The Morgan fingerprint density at radius 2 is 1.75 bits per heavy atom. The Morgan fingerprint density at radius 3 is 2.46 bits per heavy atom. The zero-order valence-corrected chi connectivity index (χ0v) is 14.2. The van der Waals surface area contributed by atoms with Gasteiger partial charge in [0, 0.05) is 23.1 Å². The van der Waals surface area contributed by atoms with Gasteiger partial charge in [-0.05, 0) is 42.3 Å². The van der Waals surface area contributed by atoms with E-state index in [1.165, 1.54) is 0 Å². The van der Waals surface area contributed by atoms with Crippen molar-refractivity contribution in [3.8, 4) is 0 Å². The van der Waals surface area contributed by atoms with Gasteiger partial charge in [0.1, 0.15) is 0 Å². The molecule has 0 fully saturated rings. The van der Waals surface area contributed by atoms with Gasteiger partial charge in [0.2, 0.25) is 5.91 Å². The van der Waals surface area contributed by atoms with Crippen LogP contribution in [0.25, 0.3) is 0 Å². The molecule has 1 aromatic heterocycles. The van der Waals surface area contributed by atoms with Gasteiger partial charge in [-0.3, -0.25) is 4.79 Å². The second-order valence-electron chi connectivity index (χ2n) is 5.72. The van der Waals surface area contributed by atoms with E-state index in [1.807, 2.05) is 80.0 Å². The molecule has 1 heterocycles. The number of nitrogens with one attached hydrogen (secondary N) is 1. The van der Waals surface area contributed by atoms with Crippen LogP contribution in [0.15, 0.2) is 73.1 Å². The summed E-state index contributed by atoms with van der Waals surface area (Å²) in [6.45, 7) is 1.90. The van der Waals surface area contributed by atoms with E-state index in [0.29, 0.717) is 11.4 Å². The fourth-order valence-electron chi connectivity index (χ4n) is 2.75. The summed E-state index contributed by atoms with van der Waals surface area (Å²) in [4.78, 5) is 12.6. The van der Waals surface area contributed by atoms with E-state index in [4.69, 9.17) is 11.6 Å². The molecule has 0 aliphatic heterocycles. The van der Waals surface area contributed by atoms with Crippen LogP contribution in [0.4, 0.5) is 5.69 Å². The molecule has 0 unspecified atom stereocenters. The van der Waals surface area contributed by atoms with Gasteiger partial charge in [-0.2, -0.15) is 0 Å². The van der Waals surface area contributed by atoms with Gasteiger partial charge in [0.25, 0.3) is 0 Å². The summed E-state index contributed by atoms with van der Waals surface area (Å²) in [5, 5.41) is 3.63. The highest BCUT2D eigenvalue weighted by molar-refractivity contribution is 6.31. The molecule has 0 aliphatic rings. The monoisotopic (exact) mass is 338 g/mol. The minimum atomic E-state index is -0.0410. The number of hydrogen-bond donors (Lipinski definition) is 1. The number of amides is 1. The summed E-state index contributed by atoms with van der Waals surface area (Å²) in [5.41, 5.74) is 2.74. The smallest absolute Gasteiger partial charge is 0.226 e. The zero-order chi connectivity index (χ0) is 16.9. The molecule has 0 radical (unpaired) electrons. The van der Waals surface area contributed by atoms with E-state index >= 15 is 0 Å². The summed E-state index contributed by atoms with van der Waals surface area (Å²) in [7, 11) is 0. The Hall–Kier alpha value is -2.52. The van der Waals surface area contributed by atoms with Crippen molar-refractivity contribution in [3.63, 3.8) is 0 Å². The third kappa shape index (κ3) is 3.69. The Labute approximate surface area is 146 Å². The summed E-state index contributed by atoms with van der Waals surface area (Å²) >= 11 is 6.12. The van der Waals surface area contributed by atoms with Crippen molar-refractivity contribution < 1.29 is 4.79 Å². The van der Waals surface area contributed by atoms with E-state index in [1.54, 1.807) is 0 Å². The number of halogens is 1. The molecule has 4 heteroatoms. The molecule has 3 rings (SSSR count). The molecule has 1 amide bonds. The number of carbonyl (C=O) groups is 1. The fourth-order valence-corrected chi connectivity index (χ4v) is 2.92. The lowest BCUT2D eigenvalue weighted by Gasteiger charge is -2.20. The van der Waals surface area contributed by atoms with Crippen molar-refractivity contribution in [2.75, 3.05) is 5.32 Å². The topological polar surface area (TPSA) is 34.0 Å². The molecule has 2 aromatic carbocycles. The zero-order valence-electron chi connectivity index (χ0n) is 13.4. The summed E-state index contributed by atoms with van der Waals surface area (Å²) in [6, 6.07) is 19.5. The minimum absolute atomic E-state index is 0.0390. The molecule has 0 aliphatic carbocycles. The van der Waals surface area contributed by atoms with Gasteiger partial charge in [-0.15, -0.1) is 0 Å². The number of hydrogen-bond acceptors (Lipinski definition) is 1. The number of rotatable bonds is 5. The molecule has 0 saturated heterocycles. The average molecular weight is 339 g/mol. The molecule has 24 heavy (non-hydrogen) atoms. The molecule has 1 N–H and O–H groups in total. The Morgan fingerprint density at radius 1 is 1.04 bits per heavy atom. The molecule has 0 spiro atoms. The lowest BCUT2D eigenvalue weighted by atomic mass is 10.0. The molecule has 0 saturated carbocycles. The second-order valence-corrected chi connectivity index (χ2v) is 6.13. The fraction of sp³-hybridized carbons (Fsp3) is 0.150. The molecular weight excluding hydrogens is 320 g/mol. The summed E-state index contributed by atoms with van der Waals surface area (Å²) in [6.07, 6.45) is 4.32. The third-order valence-electron chi connectivity index (χ3n) is 4.09. The molecule has 3 nitrogen and oxygen atoms in total. The summed E-state index contributed by atoms with van der Waals surface area (Å²) < 4.78 is 2.06. The highest BCUT2D eigenvalue weighted by atomic mass is 35.5. The number of anilines is 1. The average Bonchev–Trinajstić information content (AvgIpc) is 3.12. The Balaban J connectivity index is 1.80. The van der Waals surface area contributed by atoms with Gasteiger partial charge in [-0.1, -0.05) is 48.0 Å². The van der Waals surface area contributed by atoms with Gasteiger partial charge in [-0.25, -0.2) is 0 Å². The van der Waals surface area contributed by atoms with Gasteiger partial charge >= 0.3 is 0 Å². The van der Waals surface area contributed by atoms with Gasteiger partial charge in [0.15, 0.2) is 0 Å². The van der Waals surface area contributed by atoms with E-state index in [2.05, 4.69) is 9.88 Å². The summed E-state index contributed by atoms with van der Waals surface area (Å²) in [5.74, 6) is -0.0390. The SMILES string of the molecule is Cc1c(Cl)cccc1NC(=O)C[C@H](c1ccccc1)n1cccc1. The molecule has 3 aromatic rings. The minimum Gasteiger partial charge on any atom is -0.346 e. The van der Waals surface area contributed by atoms with E-state index in [-0.39, 0.29) is 11.9 Å². The molecule has 122 valence electrons. The number of carbonyl (C=O) groups excluding carboxylic acids is 1. The second kappa shape index (κ2) is 7.37. The van der Waals surface area contributed by atoms with Crippen LogP contribution >= 0.6 is 11.6 Å². The lowest BCUT2D eigenvalue weighted by molar-refractivity contribution is -0.116. The molecular formula is C20H19ClN2O. The first kappa shape index (κ1) is 16.3. The molecule has 1 atom stereocenters. The van der Waals surface area contributed by atoms with Crippen molar-refractivity contribution in [2.24, 2.45) is 0 Å².